The first kappa shape index (κ1) is 21.8. The molecule has 0 saturated heterocycles. The Balaban J connectivity index is 1.61. The van der Waals surface area contributed by atoms with Crippen molar-refractivity contribution >= 4 is 12.0 Å². The van der Waals surface area contributed by atoms with Crippen LogP contribution in [0.4, 0.5) is 9.18 Å². The van der Waals surface area contributed by atoms with Crippen LogP contribution in [0.15, 0.2) is 24.3 Å². The van der Waals surface area contributed by atoms with Gasteiger partial charge in [0, 0.05) is 31.3 Å². The molecular weight excluding hydrogens is 391 g/mol. The summed E-state index contributed by atoms with van der Waals surface area (Å²) < 4.78 is 25.8. The van der Waals surface area contributed by atoms with Crippen molar-refractivity contribution in [3.63, 3.8) is 0 Å². The van der Waals surface area contributed by atoms with Crippen molar-refractivity contribution in [1.29, 1.82) is 0 Å². The number of rotatable bonds is 7. The lowest BCUT2D eigenvalue weighted by Gasteiger charge is -2.28. The maximum absolute atomic E-state index is 13.3. The molecule has 2 amide bonds. The topological polar surface area (TPSA) is 85.7 Å². The van der Waals surface area contributed by atoms with Gasteiger partial charge < -0.3 is 19.7 Å². The van der Waals surface area contributed by atoms with Crippen LogP contribution in [0.3, 0.4) is 0 Å². The number of fused-ring (bicyclic) bond motifs is 1. The number of benzene rings is 1. The molecule has 1 aromatic heterocycles. The number of urea groups is 1. The van der Waals surface area contributed by atoms with Crippen molar-refractivity contribution in [2.75, 3.05) is 13.2 Å². The molecule has 1 aliphatic rings. The first-order chi connectivity index (χ1) is 14.4. The van der Waals surface area contributed by atoms with E-state index in [1.807, 2.05) is 11.7 Å². The van der Waals surface area contributed by atoms with E-state index in [9.17, 15) is 14.0 Å². The van der Waals surface area contributed by atoms with Gasteiger partial charge in [-0.25, -0.2) is 14.0 Å². The number of esters is 1. The second-order valence-corrected chi connectivity index (χ2v) is 7.21. The van der Waals surface area contributed by atoms with Gasteiger partial charge in [0.15, 0.2) is 0 Å². The molecule has 0 spiro atoms. The molecule has 8 nitrogen and oxygen atoms in total. The van der Waals surface area contributed by atoms with Crippen LogP contribution in [0.5, 0.6) is 0 Å². The van der Waals surface area contributed by atoms with E-state index >= 15 is 0 Å². The molecule has 0 aliphatic carbocycles. The molecule has 9 heteroatoms. The van der Waals surface area contributed by atoms with E-state index in [4.69, 9.17) is 9.47 Å². The molecule has 3 rings (SSSR count). The number of aromatic nitrogens is 2. The largest absolute Gasteiger partial charge is 0.464 e. The van der Waals surface area contributed by atoms with E-state index < -0.39 is 12.0 Å². The van der Waals surface area contributed by atoms with Crippen molar-refractivity contribution in [2.24, 2.45) is 7.05 Å². The van der Waals surface area contributed by atoms with E-state index in [-0.39, 0.29) is 31.7 Å². The number of carbonyl (C=O) groups excluding carboxylic acids is 2. The lowest BCUT2D eigenvalue weighted by Crippen LogP contribution is -2.48. The summed E-state index contributed by atoms with van der Waals surface area (Å²) in [4.78, 5) is 26.0. The fraction of sp³-hybridized carbons (Fsp3) is 0.476. The minimum absolute atomic E-state index is 0.258. The molecule has 1 atom stereocenters. The summed E-state index contributed by atoms with van der Waals surface area (Å²) >= 11 is 0. The fourth-order valence-electron chi connectivity index (χ4n) is 3.45. The molecule has 162 valence electrons. The Morgan fingerprint density at radius 3 is 2.87 bits per heavy atom. The number of amides is 2. The molecule has 1 N–H and O–H groups in total. The fourth-order valence-corrected chi connectivity index (χ4v) is 3.45. The van der Waals surface area contributed by atoms with Crippen molar-refractivity contribution in [2.45, 2.75) is 46.1 Å². The molecule has 2 heterocycles. The van der Waals surface area contributed by atoms with Gasteiger partial charge in [-0.15, -0.1) is 0 Å². The number of ether oxygens (including phenoxy) is 2. The highest BCUT2D eigenvalue weighted by molar-refractivity contribution is 5.83. The first-order valence-electron chi connectivity index (χ1n) is 9.97. The number of nitrogens with one attached hydrogen (secondary N) is 1. The second-order valence-electron chi connectivity index (χ2n) is 7.21. The molecule has 0 bridgehead atoms. The number of carbonyl (C=O) groups is 2. The monoisotopic (exact) mass is 418 g/mol. The summed E-state index contributed by atoms with van der Waals surface area (Å²) in [6.07, 6.45) is 0.657. The summed E-state index contributed by atoms with van der Waals surface area (Å²) in [5.74, 6) is -0.763. The standard InChI is InChI=1S/C21H27FN4O4/c1-4-30-20(27)14(2)23-21(28)26-9-8-19-17(11-26)18(24-25(19)3)13-29-12-15-6-5-7-16(22)10-15/h5-7,10,14H,4,8-9,11-13H2,1-3H3,(H,23,28)/t14-/m1/s1. The highest BCUT2D eigenvalue weighted by atomic mass is 19.1. The third-order valence-corrected chi connectivity index (χ3v) is 4.99. The van der Waals surface area contributed by atoms with Gasteiger partial charge in [-0.3, -0.25) is 4.68 Å². The molecule has 0 saturated carbocycles. The zero-order valence-corrected chi connectivity index (χ0v) is 17.5. The Labute approximate surface area is 174 Å². The molecule has 30 heavy (non-hydrogen) atoms. The van der Waals surface area contributed by atoms with Gasteiger partial charge in [0.2, 0.25) is 0 Å². The summed E-state index contributed by atoms with van der Waals surface area (Å²) in [7, 11) is 1.87. The minimum Gasteiger partial charge on any atom is -0.464 e. The van der Waals surface area contributed by atoms with Gasteiger partial charge in [-0.2, -0.15) is 5.10 Å². The molecule has 0 fully saturated rings. The Kier molecular flexibility index (Phi) is 7.04. The Morgan fingerprint density at radius 2 is 2.13 bits per heavy atom. The summed E-state index contributed by atoms with van der Waals surface area (Å²) in [6, 6.07) is 5.22. The predicted molar refractivity (Wildman–Crippen MR) is 107 cm³/mol. The molecule has 2 aromatic rings. The quantitative estimate of drug-likeness (QED) is 0.698. The van der Waals surface area contributed by atoms with Crippen LogP contribution < -0.4 is 5.32 Å². The molecule has 1 aromatic carbocycles. The highest BCUT2D eigenvalue weighted by Gasteiger charge is 2.28. The summed E-state index contributed by atoms with van der Waals surface area (Å²) in [6.45, 7) is 5.01. The van der Waals surface area contributed by atoms with Gasteiger partial charge in [-0.1, -0.05) is 12.1 Å². The van der Waals surface area contributed by atoms with E-state index in [0.29, 0.717) is 19.5 Å². The van der Waals surface area contributed by atoms with E-state index in [0.717, 1.165) is 22.5 Å². The first-order valence-corrected chi connectivity index (χ1v) is 9.97. The zero-order chi connectivity index (χ0) is 21.7. The van der Waals surface area contributed by atoms with Gasteiger partial charge in [0.05, 0.1) is 32.1 Å². The number of nitrogens with zero attached hydrogens (tertiary/aromatic N) is 3. The van der Waals surface area contributed by atoms with Crippen LogP contribution in [0.25, 0.3) is 0 Å². The lowest BCUT2D eigenvalue weighted by atomic mass is 10.1. The second kappa shape index (κ2) is 9.71. The molecule has 0 radical (unpaired) electrons. The predicted octanol–water partition coefficient (Wildman–Crippen LogP) is 2.30. The molecule has 0 unspecified atom stereocenters. The average molecular weight is 418 g/mol. The smallest absolute Gasteiger partial charge is 0.328 e. The van der Waals surface area contributed by atoms with Gasteiger partial charge in [0.1, 0.15) is 11.9 Å². The van der Waals surface area contributed by atoms with E-state index in [1.54, 1.807) is 30.9 Å². The Bertz CT molecular complexity index is 914. The normalized spacial score (nSPS) is 14.2. The Morgan fingerprint density at radius 1 is 1.33 bits per heavy atom. The highest BCUT2D eigenvalue weighted by Crippen LogP contribution is 2.23. The third kappa shape index (κ3) is 5.15. The maximum atomic E-state index is 13.3. The van der Waals surface area contributed by atoms with E-state index in [2.05, 4.69) is 10.4 Å². The SMILES string of the molecule is CCOC(=O)[C@@H](C)NC(=O)N1CCc2c(c(COCc3cccc(F)c3)nn2C)C1. The molecular formula is C21H27FN4O4. The van der Waals surface area contributed by atoms with Crippen LogP contribution in [-0.2, 0) is 47.5 Å². The number of hydrogen-bond acceptors (Lipinski definition) is 5. The summed E-state index contributed by atoms with van der Waals surface area (Å²) in [5.41, 5.74) is 3.50. The van der Waals surface area contributed by atoms with Crippen LogP contribution in [-0.4, -0.2) is 45.9 Å². The van der Waals surface area contributed by atoms with Crippen molar-refractivity contribution < 1.29 is 23.5 Å². The summed E-state index contributed by atoms with van der Waals surface area (Å²) in [5, 5.41) is 7.21. The Hall–Kier alpha value is -2.94. The van der Waals surface area contributed by atoms with E-state index in [1.165, 1.54) is 12.1 Å². The number of hydrogen-bond donors (Lipinski definition) is 1. The van der Waals surface area contributed by atoms with Crippen LogP contribution in [0, 0.1) is 5.82 Å². The molecule has 1 aliphatic heterocycles. The minimum atomic E-state index is -0.721. The van der Waals surface area contributed by atoms with Crippen molar-refractivity contribution in [3.8, 4) is 0 Å². The van der Waals surface area contributed by atoms with Gasteiger partial charge in [-0.05, 0) is 31.5 Å². The third-order valence-electron chi connectivity index (χ3n) is 4.99. The van der Waals surface area contributed by atoms with Crippen molar-refractivity contribution in [3.05, 3.63) is 52.6 Å². The zero-order valence-electron chi connectivity index (χ0n) is 17.5. The van der Waals surface area contributed by atoms with Crippen LogP contribution in [0.2, 0.25) is 0 Å². The maximum Gasteiger partial charge on any atom is 0.328 e. The average Bonchev–Trinajstić information content (AvgIpc) is 3.03. The number of halogens is 1. The lowest BCUT2D eigenvalue weighted by molar-refractivity contribution is -0.144. The van der Waals surface area contributed by atoms with Gasteiger partial charge in [0.25, 0.3) is 0 Å². The van der Waals surface area contributed by atoms with Crippen LogP contribution in [0.1, 0.15) is 36.4 Å². The van der Waals surface area contributed by atoms with Crippen molar-refractivity contribution in [1.82, 2.24) is 20.0 Å². The number of aryl methyl sites for hydroxylation is 1. The van der Waals surface area contributed by atoms with Crippen LogP contribution >= 0.6 is 0 Å². The van der Waals surface area contributed by atoms with Gasteiger partial charge >= 0.3 is 12.0 Å².